The van der Waals surface area contributed by atoms with Gasteiger partial charge in [-0.3, -0.25) is 9.69 Å². The molecule has 0 atom stereocenters. The van der Waals surface area contributed by atoms with E-state index in [1.54, 1.807) is 48.5 Å². The highest BCUT2D eigenvalue weighted by Gasteiger charge is 2.33. The second-order valence-electron chi connectivity index (χ2n) is 7.28. The smallest absolute Gasteiger partial charge is 0.371 e. The second kappa shape index (κ2) is 9.72. The van der Waals surface area contributed by atoms with Gasteiger partial charge in [0.05, 0.1) is 13.7 Å². The van der Waals surface area contributed by atoms with Crippen LogP contribution in [-0.4, -0.2) is 35.0 Å². The first-order chi connectivity index (χ1) is 16.3. The lowest BCUT2D eigenvalue weighted by Crippen LogP contribution is -2.30. The molecule has 174 valence electrons. The van der Waals surface area contributed by atoms with Gasteiger partial charge in [0.2, 0.25) is 5.76 Å². The molecule has 0 aliphatic carbocycles. The zero-order valence-electron chi connectivity index (χ0n) is 17.9. The Labute approximate surface area is 199 Å². The Bertz CT molecular complexity index is 1280. The number of carbonyl (C=O) groups excluding carboxylic acids is 2. The molecule has 10 heteroatoms. The van der Waals surface area contributed by atoms with Gasteiger partial charge in [0.25, 0.3) is 5.91 Å². The third kappa shape index (κ3) is 5.05. The van der Waals surface area contributed by atoms with E-state index >= 15 is 0 Å². The van der Waals surface area contributed by atoms with Gasteiger partial charge in [-0.1, -0.05) is 29.8 Å². The number of hydrogen-bond acceptors (Lipinski definition) is 6. The molecule has 2 heterocycles. The highest BCUT2D eigenvalue weighted by Crippen LogP contribution is 2.30. The maximum Gasteiger partial charge on any atom is 0.371 e. The third-order valence-electron chi connectivity index (χ3n) is 4.96. The lowest BCUT2D eigenvalue weighted by Gasteiger charge is -2.12. The van der Waals surface area contributed by atoms with E-state index in [9.17, 15) is 14.4 Å². The van der Waals surface area contributed by atoms with Gasteiger partial charge in [-0.15, -0.1) is 0 Å². The molecule has 4 rings (SSSR count). The molecule has 3 aromatic rings. The Hall–Kier alpha value is -4.24. The van der Waals surface area contributed by atoms with Crippen LogP contribution in [0.5, 0.6) is 11.5 Å². The fourth-order valence-corrected chi connectivity index (χ4v) is 3.39. The van der Waals surface area contributed by atoms with Crippen molar-refractivity contribution in [2.24, 2.45) is 0 Å². The molecule has 2 aromatic carbocycles. The van der Waals surface area contributed by atoms with Crippen LogP contribution in [-0.2, 0) is 17.9 Å². The molecule has 0 spiro atoms. The Kier molecular flexibility index (Phi) is 6.55. The largest absolute Gasteiger partial charge is 0.493 e. The normalized spacial score (nSPS) is 14.4. The summed E-state index contributed by atoms with van der Waals surface area (Å²) in [6.07, 6.45) is 1.54. The monoisotopic (exact) mass is 482 g/mol. The molecule has 0 saturated carbocycles. The molecule has 1 saturated heterocycles. The number of carboxylic acid groups (broad SMARTS) is 1. The Morgan fingerprint density at radius 2 is 1.88 bits per heavy atom. The van der Waals surface area contributed by atoms with Crippen LogP contribution in [0.4, 0.5) is 4.79 Å². The Morgan fingerprint density at radius 3 is 2.56 bits per heavy atom. The van der Waals surface area contributed by atoms with Gasteiger partial charge >= 0.3 is 12.0 Å². The highest BCUT2D eigenvalue weighted by molar-refractivity contribution is 6.30. The first-order valence-corrected chi connectivity index (χ1v) is 10.4. The molecule has 9 nitrogen and oxygen atoms in total. The highest BCUT2D eigenvalue weighted by atomic mass is 35.5. The van der Waals surface area contributed by atoms with Crippen molar-refractivity contribution in [3.8, 4) is 11.5 Å². The van der Waals surface area contributed by atoms with E-state index in [2.05, 4.69) is 5.32 Å². The van der Waals surface area contributed by atoms with Crippen LogP contribution in [0.1, 0.15) is 27.4 Å². The number of nitrogens with one attached hydrogen (secondary N) is 1. The number of amides is 3. The van der Waals surface area contributed by atoms with Crippen LogP contribution in [0.2, 0.25) is 5.02 Å². The molecule has 0 bridgehead atoms. The number of imide groups is 1. The van der Waals surface area contributed by atoms with Crippen molar-refractivity contribution in [2.45, 2.75) is 13.2 Å². The van der Waals surface area contributed by atoms with Gasteiger partial charge in [0.1, 0.15) is 18.1 Å². The van der Waals surface area contributed by atoms with Gasteiger partial charge in [0.15, 0.2) is 11.5 Å². The predicted molar refractivity (Wildman–Crippen MR) is 122 cm³/mol. The van der Waals surface area contributed by atoms with Crippen LogP contribution in [0.15, 0.2) is 64.7 Å². The maximum atomic E-state index is 12.8. The summed E-state index contributed by atoms with van der Waals surface area (Å²) in [5.41, 5.74) is 1.50. The van der Waals surface area contributed by atoms with Gasteiger partial charge in [-0.05, 0) is 53.6 Å². The van der Waals surface area contributed by atoms with Crippen molar-refractivity contribution >= 4 is 35.6 Å². The van der Waals surface area contributed by atoms with E-state index in [0.717, 1.165) is 10.5 Å². The second-order valence-corrected chi connectivity index (χ2v) is 7.71. The molecule has 2 N–H and O–H groups in total. The lowest BCUT2D eigenvalue weighted by molar-refractivity contribution is -0.123. The number of carboxylic acids is 1. The molecular formula is C24H19ClN2O7. The summed E-state index contributed by atoms with van der Waals surface area (Å²) in [7, 11) is 1.46. The number of halogens is 1. The molecule has 34 heavy (non-hydrogen) atoms. The third-order valence-corrected chi connectivity index (χ3v) is 5.21. The molecule has 1 aliphatic heterocycles. The van der Waals surface area contributed by atoms with E-state index in [1.165, 1.54) is 19.2 Å². The van der Waals surface area contributed by atoms with E-state index in [-0.39, 0.29) is 24.6 Å². The number of hydrogen-bond donors (Lipinski definition) is 2. The van der Waals surface area contributed by atoms with Crippen molar-refractivity contribution in [1.82, 2.24) is 10.2 Å². The zero-order chi connectivity index (χ0) is 24.2. The molecule has 1 fully saturated rings. The van der Waals surface area contributed by atoms with Crippen LogP contribution in [0, 0.1) is 0 Å². The molecule has 3 amide bonds. The number of carbonyl (C=O) groups is 3. The number of methoxy groups -OCH3 is 1. The number of aromatic carboxylic acids is 1. The summed E-state index contributed by atoms with van der Waals surface area (Å²) >= 11 is 5.88. The molecular weight excluding hydrogens is 464 g/mol. The summed E-state index contributed by atoms with van der Waals surface area (Å²) < 4.78 is 16.2. The molecule has 1 aromatic heterocycles. The van der Waals surface area contributed by atoms with E-state index < -0.39 is 17.9 Å². The average molecular weight is 483 g/mol. The summed E-state index contributed by atoms with van der Waals surface area (Å²) in [6.45, 7) is 0.115. The van der Waals surface area contributed by atoms with Gasteiger partial charge in [0, 0.05) is 5.02 Å². The molecule has 1 aliphatic rings. The topological polar surface area (TPSA) is 118 Å². The first-order valence-electron chi connectivity index (χ1n) is 10.1. The number of benzene rings is 2. The summed E-state index contributed by atoms with van der Waals surface area (Å²) in [5, 5.41) is 12.1. The SMILES string of the molecule is COc1cc(/C=C2\NC(=O)N(Cc3ccc(Cl)cc3)C2=O)ccc1OCc1ccc(C(=O)O)o1. The summed E-state index contributed by atoms with van der Waals surface area (Å²) in [6, 6.07) is 14.2. The maximum absolute atomic E-state index is 12.8. The van der Waals surface area contributed by atoms with Crippen LogP contribution in [0.3, 0.4) is 0 Å². The number of rotatable bonds is 8. The quantitative estimate of drug-likeness (QED) is 0.362. The van der Waals surface area contributed by atoms with Gasteiger partial charge < -0.3 is 24.3 Å². The van der Waals surface area contributed by atoms with Crippen molar-refractivity contribution in [2.75, 3.05) is 7.11 Å². The zero-order valence-corrected chi connectivity index (χ0v) is 18.7. The molecule has 0 radical (unpaired) electrons. The average Bonchev–Trinajstić information content (AvgIpc) is 3.40. The van der Waals surface area contributed by atoms with Crippen LogP contribution < -0.4 is 14.8 Å². The molecule has 0 unspecified atom stereocenters. The minimum absolute atomic E-state index is 0.00171. The number of nitrogens with zero attached hydrogens (tertiary/aromatic N) is 1. The number of ether oxygens (including phenoxy) is 2. The fraction of sp³-hybridized carbons (Fsp3) is 0.125. The minimum Gasteiger partial charge on any atom is -0.493 e. The number of furan rings is 1. The standard InChI is InChI=1S/C24H19ClN2O7/c1-32-21-11-15(4-8-19(21)33-13-17-7-9-20(34-17)23(29)30)10-18-22(28)27(24(31)26-18)12-14-2-5-16(25)6-3-14/h2-11H,12-13H2,1H3,(H,26,31)(H,29,30)/b18-10-. The van der Waals surface area contributed by atoms with Crippen LogP contribution in [0.25, 0.3) is 6.08 Å². The summed E-state index contributed by atoms with van der Waals surface area (Å²) in [4.78, 5) is 37.1. The first kappa shape index (κ1) is 22.9. The Morgan fingerprint density at radius 1 is 1.12 bits per heavy atom. The van der Waals surface area contributed by atoms with Crippen molar-refractivity contribution < 1.29 is 33.4 Å². The van der Waals surface area contributed by atoms with Crippen LogP contribution >= 0.6 is 11.6 Å². The lowest BCUT2D eigenvalue weighted by atomic mass is 10.1. The Balaban J connectivity index is 1.46. The predicted octanol–water partition coefficient (Wildman–Crippen LogP) is 4.31. The fourth-order valence-electron chi connectivity index (χ4n) is 3.27. The van der Waals surface area contributed by atoms with E-state index in [4.69, 9.17) is 30.6 Å². The van der Waals surface area contributed by atoms with Crippen molar-refractivity contribution in [3.63, 3.8) is 0 Å². The van der Waals surface area contributed by atoms with Gasteiger partial charge in [-0.2, -0.15) is 0 Å². The van der Waals surface area contributed by atoms with E-state index in [0.29, 0.717) is 27.8 Å². The number of urea groups is 1. The van der Waals surface area contributed by atoms with E-state index in [1.807, 2.05) is 0 Å². The van der Waals surface area contributed by atoms with Crippen molar-refractivity contribution in [1.29, 1.82) is 0 Å². The van der Waals surface area contributed by atoms with Gasteiger partial charge in [-0.25, -0.2) is 9.59 Å². The van der Waals surface area contributed by atoms with Crippen molar-refractivity contribution in [3.05, 3.63) is 88.0 Å². The summed E-state index contributed by atoms with van der Waals surface area (Å²) in [5.74, 6) is -0.683. The minimum atomic E-state index is -1.17.